The number of nitrogens with one attached hydrogen (secondary N) is 2. The van der Waals surface area contributed by atoms with Crippen molar-refractivity contribution in [2.45, 2.75) is 18.2 Å². The first-order valence-corrected chi connectivity index (χ1v) is 11.7. The number of nitrogens with zero attached hydrogens (tertiary/aromatic N) is 1. The van der Waals surface area contributed by atoms with Crippen LogP contribution in [-0.2, 0) is 14.8 Å². The van der Waals surface area contributed by atoms with Crippen LogP contribution in [0.5, 0.6) is 5.75 Å². The molecule has 0 spiro atoms. The molecule has 2 heterocycles. The average molecular weight is 505 g/mol. The smallest absolute Gasteiger partial charge is 0.461 e. The normalized spacial score (nSPS) is 11.9. The highest BCUT2D eigenvalue weighted by atomic mass is 32.2. The zero-order chi connectivity index (χ0) is 25.2. The van der Waals surface area contributed by atoms with Crippen molar-refractivity contribution in [1.82, 2.24) is 9.97 Å². The highest BCUT2D eigenvalue weighted by Gasteiger charge is 2.31. The standard InChI is InChI=1S/C23H18F3N3O5S/c1-2-33-22(30)20-19(14-6-4-3-5-7-14)18-12-15(13-27-21(18)28-20)29-35(31,32)17-10-8-16(9-11-17)34-23(24,25)26/h3-13,29H,2H2,1H3,(H,27,28). The average Bonchev–Trinajstić information content (AvgIpc) is 3.18. The minimum absolute atomic E-state index is 0.0831. The van der Waals surface area contributed by atoms with E-state index in [1.165, 1.54) is 12.3 Å². The number of hydrogen-bond acceptors (Lipinski definition) is 6. The van der Waals surface area contributed by atoms with Gasteiger partial charge in [-0.25, -0.2) is 18.2 Å². The van der Waals surface area contributed by atoms with Gasteiger partial charge in [-0.2, -0.15) is 0 Å². The second kappa shape index (κ2) is 9.29. The van der Waals surface area contributed by atoms with E-state index in [-0.39, 0.29) is 22.9 Å². The Labute approximate surface area is 197 Å². The van der Waals surface area contributed by atoms with Crippen LogP contribution < -0.4 is 9.46 Å². The molecule has 0 aliphatic carbocycles. The number of aromatic amines is 1. The van der Waals surface area contributed by atoms with Crippen LogP contribution in [0.4, 0.5) is 18.9 Å². The number of aromatic nitrogens is 2. The lowest BCUT2D eigenvalue weighted by atomic mass is 10.0. The van der Waals surface area contributed by atoms with Crippen LogP contribution in [0.25, 0.3) is 22.2 Å². The molecular formula is C23H18F3N3O5S. The van der Waals surface area contributed by atoms with E-state index in [0.717, 1.165) is 24.3 Å². The number of hydrogen-bond donors (Lipinski definition) is 2. The van der Waals surface area contributed by atoms with Crippen molar-refractivity contribution < 1.29 is 35.9 Å². The summed E-state index contributed by atoms with van der Waals surface area (Å²) in [6.07, 6.45) is -3.64. The Morgan fingerprint density at radius 2 is 1.77 bits per heavy atom. The van der Waals surface area contributed by atoms with Gasteiger partial charge in [0, 0.05) is 10.9 Å². The number of halogens is 3. The van der Waals surface area contributed by atoms with Gasteiger partial charge < -0.3 is 14.5 Å². The number of carbonyl (C=O) groups excluding carboxylic acids is 1. The molecule has 0 amide bonds. The summed E-state index contributed by atoms with van der Waals surface area (Å²) in [5, 5.41) is 0.466. The molecule has 182 valence electrons. The lowest BCUT2D eigenvalue weighted by molar-refractivity contribution is -0.274. The minimum Gasteiger partial charge on any atom is -0.461 e. The van der Waals surface area contributed by atoms with Crippen molar-refractivity contribution in [1.29, 1.82) is 0 Å². The van der Waals surface area contributed by atoms with Gasteiger partial charge in [-0.15, -0.1) is 13.2 Å². The Hall–Kier alpha value is -4.06. The number of benzene rings is 2. The molecule has 4 rings (SSSR count). The predicted octanol–water partition coefficient (Wildman–Crippen LogP) is 5.11. The molecule has 4 aromatic rings. The Morgan fingerprint density at radius 1 is 1.09 bits per heavy atom. The molecule has 2 aromatic heterocycles. The first-order valence-electron chi connectivity index (χ1n) is 10.2. The zero-order valence-corrected chi connectivity index (χ0v) is 18.9. The number of sulfonamides is 1. The van der Waals surface area contributed by atoms with Crippen LogP contribution in [0.1, 0.15) is 17.4 Å². The highest BCUT2D eigenvalue weighted by Crippen LogP contribution is 2.34. The van der Waals surface area contributed by atoms with E-state index in [1.54, 1.807) is 31.2 Å². The monoisotopic (exact) mass is 505 g/mol. The first kappa shape index (κ1) is 24.1. The quantitative estimate of drug-likeness (QED) is 0.338. The Balaban J connectivity index is 1.71. The molecule has 0 aliphatic heterocycles. The van der Waals surface area contributed by atoms with Gasteiger partial charge in [-0.1, -0.05) is 30.3 Å². The van der Waals surface area contributed by atoms with Crippen molar-refractivity contribution in [3.8, 4) is 16.9 Å². The SMILES string of the molecule is CCOC(=O)c1[nH]c2ncc(NS(=O)(=O)c3ccc(OC(F)(F)F)cc3)cc2c1-c1ccccc1. The molecule has 0 atom stereocenters. The summed E-state index contributed by atoms with van der Waals surface area (Å²) in [6, 6.07) is 14.2. The van der Waals surface area contributed by atoms with Crippen molar-refractivity contribution in [3.05, 3.63) is 72.6 Å². The molecule has 12 heteroatoms. The highest BCUT2D eigenvalue weighted by molar-refractivity contribution is 7.92. The number of alkyl halides is 3. The van der Waals surface area contributed by atoms with E-state index in [0.29, 0.717) is 22.2 Å². The lowest BCUT2D eigenvalue weighted by Gasteiger charge is -2.11. The number of carbonyl (C=O) groups is 1. The molecule has 2 N–H and O–H groups in total. The van der Waals surface area contributed by atoms with E-state index in [2.05, 4.69) is 19.4 Å². The third kappa shape index (κ3) is 5.38. The van der Waals surface area contributed by atoms with E-state index in [4.69, 9.17) is 4.74 Å². The Kier molecular flexibility index (Phi) is 6.39. The number of fused-ring (bicyclic) bond motifs is 1. The number of ether oxygens (including phenoxy) is 2. The van der Waals surface area contributed by atoms with Crippen LogP contribution >= 0.6 is 0 Å². The van der Waals surface area contributed by atoms with Gasteiger partial charge in [0.05, 0.1) is 23.4 Å². The van der Waals surface area contributed by atoms with Crippen molar-refractivity contribution >= 4 is 32.7 Å². The molecule has 0 aliphatic rings. The van der Waals surface area contributed by atoms with Crippen LogP contribution in [0.2, 0.25) is 0 Å². The minimum atomic E-state index is -4.89. The van der Waals surface area contributed by atoms with Crippen molar-refractivity contribution in [3.63, 3.8) is 0 Å². The third-order valence-electron chi connectivity index (χ3n) is 4.81. The Morgan fingerprint density at radius 3 is 2.40 bits per heavy atom. The van der Waals surface area contributed by atoms with E-state index < -0.39 is 28.1 Å². The molecule has 0 bridgehead atoms. The molecule has 2 aromatic carbocycles. The molecule has 0 saturated carbocycles. The fourth-order valence-corrected chi connectivity index (χ4v) is 4.46. The number of anilines is 1. The maximum absolute atomic E-state index is 12.8. The second-order valence-electron chi connectivity index (χ2n) is 7.21. The molecule has 0 radical (unpaired) electrons. The van der Waals surface area contributed by atoms with Gasteiger partial charge in [0.25, 0.3) is 10.0 Å². The van der Waals surface area contributed by atoms with Gasteiger partial charge in [-0.3, -0.25) is 4.72 Å². The topological polar surface area (TPSA) is 110 Å². The van der Waals surface area contributed by atoms with Gasteiger partial charge in [0.1, 0.15) is 17.1 Å². The van der Waals surface area contributed by atoms with Crippen LogP contribution in [0.15, 0.2) is 71.8 Å². The summed E-state index contributed by atoms with van der Waals surface area (Å²) in [7, 11) is -4.17. The van der Waals surface area contributed by atoms with Crippen molar-refractivity contribution in [2.75, 3.05) is 11.3 Å². The second-order valence-corrected chi connectivity index (χ2v) is 8.89. The fourth-order valence-electron chi connectivity index (χ4n) is 3.42. The number of H-pyrrole nitrogens is 1. The molecule has 0 unspecified atom stereocenters. The third-order valence-corrected chi connectivity index (χ3v) is 6.21. The van der Waals surface area contributed by atoms with Crippen LogP contribution in [0.3, 0.4) is 0 Å². The summed E-state index contributed by atoms with van der Waals surface area (Å²) in [5.41, 5.74) is 1.76. The molecule has 8 nitrogen and oxygen atoms in total. The number of rotatable bonds is 7. The van der Waals surface area contributed by atoms with Gasteiger partial charge in [0.2, 0.25) is 0 Å². The predicted molar refractivity (Wildman–Crippen MR) is 121 cm³/mol. The number of esters is 1. The van der Waals surface area contributed by atoms with Crippen LogP contribution in [0, 0.1) is 0 Å². The molecule has 0 fully saturated rings. The fraction of sp³-hybridized carbons (Fsp3) is 0.130. The summed E-state index contributed by atoms with van der Waals surface area (Å²) in [4.78, 5) is 19.4. The molecular weight excluding hydrogens is 487 g/mol. The Bertz CT molecular complexity index is 1470. The van der Waals surface area contributed by atoms with Crippen molar-refractivity contribution in [2.24, 2.45) is 0 Å². The molecule has 35 heavy (non-hydrogen) atoms. The van der Waals surface area contributed by atoms with Gasteiger partial charge >= 0.3 is 12.3 Å². The first-order chi connectivity index (χ1) is 16.6. The lowest BCUT2D eigenvalue weighted by Crippen LogP contribution is -2.17. The van der Waals surface area contributed by atoms with E-state index >= 15 is 0 Å². The summed E-state index contributed by atoms with van der Waals surface area (Å²) >= 11 is 0. The number of pyridine rings is 1. The van der Waals surface area contributed by atoms with E-state index in [1.807, 2.05) is 6.07 Å². The van der Waals surface area contributed by atoms with Crippen LogP contribution in [-0.4, -0.2) is 37.3 Å². The summed E-state index contributed by atoms with van der Waals surface area (Å²) < 4.78 is 73.9. The largest absolute Gasteiger partial charge is 0.573 e. The maximum Gasteiger partial charge on any atom is 0.573 e. The maximum atomic E-state index is 12.8. The van der Waals surface area contributed by atoms with E-state index in [9.17, 15) is 26.4 Å². The summed E-state index contributed by atoms with van der Waals surface area (Å²) in [5.74, 6) is -1.14. The van der Waals surface area contributed by atoms with Gasteiger partial charge in [0.15, 0.2) is 0 Å². The zero-order valence-electron chi connectivity index (χ0n) is 18.1. The van der Waals surface area contributed by atoms with Gasteiger partial charge in [-0.05, 0) is 42.8 Å². The molecule has 0 saturated heterocycles. The summed E-state index contributed by atoms with van der Waals surface area (Å²) in [6.45, 7) is 1.84.